The number of carbonyl (C=O) groups is 1. The lowest BCUT2D eigenvalue weighted by Gasteiger charge is -2.41. The molecule has 1 aromatic rings. The van der Waals surface area contributed by atoms with Crippen LogP contribution in [0.1, 0.15) is 32.3 Å². The highest BCUT2D eigenvalue weighted by atomic mass is 35.5. The van der Waals surface area contributed by atoms with E-state index in [4.69, 9.17) is 22.1 Å². The van der Waals surface area contributed by atoms with Crippen molar-refractivity contribution in [2.24, 2.45) is 5.73 Å². The number of hydrogen-bond acceptors (Lipinski definition) is 4. The molecule has 128 valence electrons. The van der Waals surface area contributed by atoms with Crippen LogP contribution in [-0.4, -0.2) is 48.8 Å². The minimum Gasteiger partial charge on any atom is -0.444 e. The summed E-state index contributed by atoms with van der Waals surface area (Å²) < 4.78 is 5.55. The van der Waals surface area contributed by atoms with Crippen LogP contribution < -0.4 is 11.1 Å². The highest BCUT2D eigenvalue weighted by molar-refractivity contribution is 6.31. The summed E-state index contributed by atoms with van der Waals surface area (Å²) in [7, 11) is 0. The first kappa shape index (κ1) is 18.0. The molecule has 1 fully saturated rings. The Balaban J connectivity index is 2.25. The van der Waals surface area contributed by atoms with Crippen molar-refractivity contribution in [3.05, 3.63) is 34.9 Å². The fraction of sp³-hybridized carbons (Fsp3) is 0.588. The quantitative estimate of drug-likeness (QED) is 0.888. The van der Waals surface area contributed by atoms with E-state index >= 15 is 0 Å². The lowest BCUT2D eigenvalue weighted by Crippen LogP contribution is -2.57. The molecule has 1 heterocycles. The standard InChI is InChI=1S/C17H26ClN3O2/c1-17(2,3)23-16(22)21-9-8-20-11-15(21)13(10-19)12-6-4-5-7-14(12)18/h4-7,13,15,20H,8-11,19H2,1-3H3. The Bertz CT molecular complexity index is 545. The van der Waals surface area contributed by atoms with Crippen molar-refractivity contribution < 1.29 is 9.53 Å². The monoisotopic (exact) mass is 339 g/mol. The van der Waals surface area contributed by atoms with Crippen LogP contribution >= 0.6 is 11.6 Å². The Hall–Kier alpha value is -1.30. The van der Waals surface area contributed by atoms with Crippen LogP contribution in [0.5, 0.6) is 0 Å². The van der Waals surface area contributed by atoms with Gasteiger partial charge in [0.05, 0.1) is 6.04 Å². The smallest absolute Gasteiger partial charge is 0.410 e. The van der Waals surface area contributed by atoms with Gasteiger partial charge < -0.3 is 20.7 Å². The van der Waals surface area contributed by atoms with Gasteiger partial charge in [0.1, 0.15) is 5.60 Å². The van der Waals surface area contributed by atoms with Gasteiger partial charge in [-0.2, -0.15) is 0 Å². The summed E-state index contributed by atoms with van der Waals surface area (Å²) >= 11 is 6.34. The van der Waals surface area contributed by atoms with E-state index < -0.39 is 5.60 Å². The number of piperazine rings is 1. The number of hydrogen-bond donors (Lipinski definition) is 2. The highest BCUT2D eigenvalue weighted by Gasteiger charge is 2.36. The lowest BCUT2D eigenvalue weighted by molar-refractivity contribution is 0.00914. The summed E-state index contributed by atoms with van der Waals surface area (Å²) in [6.45, 7) is 8.04. The molecule has 23 heavy (non-hydrogen) atoms. The van der Waals surface area contributed by atoms with Crippen LogP contribution in [0, 0.1) is 0 Å². The lowest BCUT2D eigenvalue weighted by atomic mass is 9.89. The number of amides is 1. The molecule has 0 saturated carbocycles. The van der Waals surface area contributed by atoms with E-state index in [0.29, 0.717) is 24.7 Å². The second-order valence-electron chi connectivity index (χ2n) is 6.81. The highest BCUT2D eigenvalue weighted by Crippen LogP contribution is 2.30. The van der Waals surface area contributed by atoms with E-state index in [9.17, 15) is 4.79 Å². The van der Waals surface area contributed by atoms with Crippen LogP contribution in [0.25, 0.3) is 0 Å². The van der Waals surface area contributed by atoms with Gasteiger partial charge in [-0.3, -0.25) is 0 Å². The number of nitrogens with zero attached hydrogens (tertiary/aromatic N) is 1. The van der Waals surface area contributed by atoms with Crippen LogP contribution in [0.15, 0.2) is 24.3 Å². The third kappa shape index (κ3) is 4.59. The minimum atomic E-state index is -0.519. The molecule has 2 atom stereocenters. The van der Waals surface area contributed by atoms with E-state index in [1.807, 2.05) is 45.0 Å². The zero-order valence-electron chi connectivity index (χ0n) is 14.0. The molecule has 1 saturated heterocycles. The average Bonchev–Trinajstić information content (AvgIpc) is 2.48. The third-order valence-corrected chi connectivity index (χ3v) is 4.28. The summed E-state index contributed by atoms with van der Waals surface area (Å²) in [5, 5.41) is 4.02. The number of benzene rings is 1. The van der Waals surface area contributed by atoms with Gasteiger partial charge in [0.25, 0.3) is 0 Å². The van der Waals surface area contributed by atoms with Crippen molar-refractivity contribution in [2.75, 3.05) is 26.2 Å². The Kier molecular flexibility index (Phi) is 5.89. The van der Waals surface area contributed by atoms with Gasteiger partial charge in [-0.1, -0.05) is 29.8 Å². The van der Waals surface area contributed by atoms with Gasteiger partial charge in [-0.05, 0) is 32.4 Å². The summed E-state index contributed by atoms with van der Waals surface area (Å²) in [5.74, 6) is -0.0379. The van der Waals surface area contributed by atoms with Crippen molar-refractivity contribution in [3.8, 4) is 0 Å². The normalized spacial score (nSPS) is 20.2. The number of ether oxygens (including phenoxy) is 1. The molecule has 0 aliphatic carbocycles. The van der Waals surface area contributed by atoms with Crippen molar-refractivity contribution in [2.45, 2.75) is 38.3 Å². The van der Waals surface area contributed by atoms with E-state index in [0.717, 1.165) is 12.1 Å². The zero-order valence-corrected chi connectivity index (χ0v) is 14.8. The second kappa shape index (κ2) is 7.51. The van der Waals surface area contributed by atoms with Gasteiger partial charge in [-0.15, -0.1) is 0 Å². The number of rotatable bonds is 3. The molecular formula is C17H26ClN3O2. The maximum atomic E-state index is 12.6. The van der Waals surface area contributed by atoms with Crippen LogP contribution in [0.4, 0.5) is 4.79 Å². The number of halogens is 1. The fourth-order valence-corrected chi connectivity index (χ4v) is 3.18. The van der Waals surface area contributed by atoms with Crippen LogP contribution in [-0.2, 0) is 4.74 Å². The van der Waals surface area contributed by atoms with Crippen molar-refractivity contribution in [3.63, 3.8) is 0 Å². The van der Waals surface area contributed by atoms with Crippen molar-refractivity contribution in [1.29, 1.82) is 0 Å². The Morgan fingerprint density at radius 2 is 2.17 bits per heavy atom. The minimum absolute atomic E-state index is 0.0379. The molecule has 1 aliphatic rings. The Labute approximate surface area is 143 Å². The fourth-order valence-electron chi connectivity index (χ4n) is 2.90. The van der Waals surface area contributed by atoms with E-state index in [1.54, 1.807) is 4.90 Å². The summed E-state index contributed by atoms with van der Waals surface area (Å²) in [5.41, 5.74) is 6.48. The number of nitrogens with one attached hydrogen (secondary N) is 1. The van der Waals surface area contributed by atoms with E-state index in [2.05, 4.69) is 5.32 Å². The molecule has 6 heteroatoms. The third-order valence-electron chi connectivity index (χ3n) is 3.93. The van der Waals surface area contributed by atoms with Crippen molar-refractivity contribution >= 4 is 17.7 Å². The first-order valence-electron chi connectivity index (χ1n) is 7.98. The molecule has 5 nitrogen and oxygen atoms in total. The van der Waals surface area contributed by atoms with Gasteiger partial charge >= 0.3 is 6.09 Å². The maximum absolute atomic E-state index is 12.6. The predicted octanol–water partition coefficient (Wildman–Crippen LogP) is 2.59. The molecular weight excluding hydrogens is 314 g/mol. The summed E-state index contributed by atoms with van der Waals surface area (Å²) in [6, 6.07) is 7.58. The van der Waals surface area contributed by atoms with E-state index in [1.165, 1.54) is 0 Å². The van der Waals surface area contributed by atoms with Crippen molar-refractivity contribution in [1.82, 2.24) is 10.2 Å². The SMILES string of the molecule is CC(C)(C)OC(=O)N1CCNCC1C(CN)c1ccccc1Cl. The van der Waals surface area contributed by atoms with Gasteiger partial charge in [-0.25, -0.2) is 4.79 Å². The first-order valence-corrected chi connectivity index (χ1v) is 8.36. The zero-order chi connectivity index (χ0) is 17.0. The molecule has 3 N–H and O–H groups in total. The maximum Gasteiger partial charge on any atom is 0.410 e. The number of nitrogens with two attached hydrogens (primary N) is 1. The van der Waals surface area contributed by atoms with Gasteiger partial charge in [0.2, 0.25) is 0 Å². The largest absolute Gasteiger partial charge is 0.444 e. The van der Waals surface area contributed by atoms with Gasteiger partial charge in [0, 0.05) is 37.1 Å². The second-order valence-corrected chi connectivity index (χ2v) is 7.22. The predicted molar refractivity (Wildman–Crippen MR) is 92.8 cm³/mol. The van der Waals surface area contributed by atoms with Crippen LogP contribution in [0.2, 0.25) is 5.02 Å². The van der Waals surface area contributed by atoms with Crippen LogP contribution in [0.3, 0.4) is 0 Å². The molecule has 1 amide bonds. The molecule has 1 aromatic carbocycles. The molecule has 0 spiro atoms. The molecule has 1 aliphatic heterocycles. The Morgan fingerprint density at radius 3 is 2.78 bits per heavy atom. The first-order chi connectivity index (χ1) is 10.8. The average molecular weight is 340 g/mol. The summed E-state index contributed by atoms with van der Waals surface area (Å²) in [6.07, 6.45) is -0.297. The molecule has 0 bridgehead atoms. The molecule has 0 radical (unpaired) electrons. The Morgan fingerprint density at radius 1 is 1.48 bits per heavy atom. The van der Waals surface area contributed by atoms with E-state index in [-0.39, 0.29) is 18.1 Å². The summed E-state index contributed by atoms with van der Waals surface area (Å²) in [4.78, 5) is 14.3. The molecule has 2 unspecified atom stereocenters. The molecule has 0 aromatic heterocycles. The van der Waals surface area contributed by atoms with Gasteiger partial charge in [0.15, 0.2) is 0 Å². The number of carbonyl (C=O) groups excluding carboxylic acids is 1. The molecule has 2 rings (SSSR count). The topological polar surface area (TPSA) is 67.6 Å².